The maximum Gasteiger partial charge on any atom is 0.345 e. The Morgan fingerprint density at radius 2 is 1.97 bits per heavy atom. The van der Waals surface area contributed by atoms with Gasteiger partial charge in [-0.1, -0.05) is 30.3 Å². The summed E-state index contributed by atoms with van der Waals surface area (Å²) in [6.07, 6.45) is 4.88. The number of aliphatic carboxylic acids is 1. The lowest BCUT2D eigenvalue weighted by Gasteiger charge is -2.28. The molecule has 7 nitrogen and oxygen atoms in total. The van der Waals surface area contributed by atoms with E-state index in [1.54, 1.807) is 18.5 Å². The van der Waals surface area contributed by atoms with E-state index in [4.69, 9.17) is 4.74 Å². The third kappa shape index (κ3) is 3.38. The van der Waals surface area contributed by atoms with Crippen LogP contribution in [0.15, 0.2) is 72.1 Å². The highest BCUT2D eigenvalue weighted by Crippen LogP contribution is 2.30. The van der Waals surface area contributed by atoms with Crippen LogP contribution in [0, 0.1) is 0 Å². The largest absolute Gasteiger partial charge is 0.477 e. The molecule has 29 heavy (non-hydrogen) atoms. The Hall–Kier alpha value is -3.87. The zero-order chi connectivity index (χ0) is 20.6. The number of allylic oxidation sites excluding steroid dienone is 1. The molecule has 3 heterocycles. The molecule has 0 amide bonds. The second-order valence-electron chi connectivity index (χ2n) is 7.21. The van der Waals surface area contributed by atoms with Crippen LogP contribution < -0.4 is 5.32 Å². The van der Waals surface area contributed by atoms with Crippen molar-refractivity contribution in [3.8, 4) is 0 Å². The van der Waals surface area contributed by atoms with Gasteiger partial charge in [-0.2, -0.15) is 0 Å². The van der Waals surface area contributed by atoms with Gasteiger partial charge in [0.15, 0.2) is 11.3 Å². The summed E-state index contributed by atoms with van der Waals surface area (Å²) in [5.41, 5.74) is 1.20. The number of nitrogens with zero attached hydrogens (tertiary/aromatic N) is 1. The molecule has 3 N–H and O–H groups in total. The minimum atomic E-state index is -1.34. The van der Waals surface area contributed by atoms with Crippen LogP contribution in [0.2, 0.25) is 0 Å². The molecule has 4 rings (SSSR count). The van der Waals surface area contributed by atoms with Crippen molar-refractivity contribution in [2.45, 2.75) is 19.4 Å². The number of Topliss-reactive ketones (excluding diaryl/α,β-unsaturated/α-hetero) is 1. The zero-order valence-corrected chi connectivity index (χ0v) is 15.9. The maximum atomic E-state index is 12.7. The van der Waals surface area contributed by atoms with Gasteiger partial charge in [-0.05, 0) is 37.6 Å². The standard InChI is InChI=1S/C22H19N3O4/c1-22(2,14-7-4-3-5-8-14)25-20-17(21(27)28)18(26)16(29-20)11-13-12-24-19-15(13)9-6-10-23-19/h3-12,25H,1-2H3,(H,23,24)(H,27,28)/b16-11-. The van der Waals surface area contributed by atoms with Gasteiger partial charge in [0, 0.05) is 23.3 Å². The summed E-state index contributed by atoms with van der Waals surface area (Å²) < 4.78 is 5.69. The number of ketones is 1. The lowest BCUT2D eigenvalue weighted by Crippen LogP contribution is -2.36. The number of rotatable bonds is 5. The van der Waals surface area contributed by atoms with Gasteiger partial charge in [0.05, 0.1) is 5.54 Å². The van der Waals surface area contributed by atoms with Crippen molar-refractivity contribution in [3.05, 3.63) is 83.2 Å². The number of H-pyrrole nitrogens is 1. The number of hydrogen-bond acceptors (Lipinski definition) is 5. The Bertz CT molecular complexity index is 1170. The van der Waals surface area contributed by atoms with Crippen LogP contribution in [0.1, 0.15) is 25.0 Å². The van der Waals surface area contributed by atoms with Gasteiger partial charge in [0.25, 0.3) is 0 Å². The molecule has 0 radical (unpaired) electrons. The molecular formula is C22H19N3O4. The van der Waals surface area contributed by atoms with Crippen molar-refractivity contribution in [3.63, 3.8) is 0 Å². The molecule has 0 fully saturated rings. The molecule has 1 aliphatic heterocycles. The number of carbonyl (C=O) groups is 2. The number of hydrogen-bond donors (Lipinski definition) is 3. The summed E-state index contributed by atoms with van der Waals surface area (Å²) in [4.78, 5) is 31.7. The summed E-state index contributed by atoms with van der Waals surface area (Å²) in [5.74, 6) is -2.15. The Morgan fingerprint density at radius 1 is 1.21 bits per heavy atom. The van der Waals surface area contributed by atoms with Crippen LogP contribution in [0.4, 0.5) is 0 Å². The summed E-state index contributed by atoms with van der Waals surface area (Å²) in [7, 11) is 0. The van der Waals surface area contributed by atoms with E-state index >= 15 is 0 Å². The Morgan fingerprint density at radius 3 is 2.69 bits per heavy atom. The highest BCUT2D eigenvalue weighted by molar-refractivity contribution is 6.26. The van der Waals surface area contributed by atoms with Crippen LogP contribution in [-0.4, -0.2) is 26.8 Å². The van der Waals surface area contributed by atoms with Crippen LogP contribution in [0.25, 0.3) is 17.1 Å². The first-order valence-electron chi connectivity index (χ1n) is 9.04. The number of ether oxygens (including phenoxy) is 1. The minimum absolute atomic E-state index is 0.0569. The lowest BCUT2D eigenvalue weighted by atomic mass is 9.94. The average Bonchev–Trinajstić information content (AvgIpc) is 3.23. The van der Waals surface area contributed by atoms with E-state index in [0.717, 1.165) is 10.9 Å². The maximum absolute atomic E-state index is 12.7. The summed E-state index contributed by atoms with van der Waals surface area (Å²) in [6.45, 7) is 3.77. The third-order valence-corrected chi connectivity index (χ3v) is 4.80. The van der Waals surface area contributed by atoms with Crippen LogP contribution >= 0.6 is 0 Å². The molecule has 0 atom stereocenters. The van der Waals surface area contributed by atoms with Crippen molar-refractivity contribution in [2.75, 3.05) is 0 Å². The van der Waals surface area contributed by atoms with E-state index in [1.807, 2.05) is 50.2 Å². The van der Waals surface area contributed by atoms with Crippen molar-refractivity contribution in [2.24, 2.45) is 0 Å². The van der Waals surface area contributed by atoms with E-state index in [2.05, 4.69) is 15.3 Å². The number of benzene rings is 1. The topological polar surface area (TPSA) is 104 Å². The first kappa shape index (κ1) is 18.5. The summed E-state index contributed by atoms with van der Waals surface area (Å²) in [5, 5.41) is 13.5. The second-order valence-corrected chi connectivity index (χ2v) is 7.21. The third-order valence-electron chi connectivity index (χ3n) is 4.80. The fourth-order valence-corrected chi connectivity index (χ4v) is 3.26. The van der Waals surface area contributed by atoms with Crippen LogP contribution in [-0.2, 0) is 19.9 Å². The van der Waals surface area contributed by atoms with Gasteiger partial charge in [-0.3, -0.25) is 4.79 Å². The number of carboxylic acids is 1. The van der Waals surface area contributed by atoms with Gasteiger partial charge < -0.3 is 20.1 Å². The number of aromatic amines is 1. The van der Waals surface area contributed by atoms with Gasteiger partial charge >= 0.3 is 5.97 Å². The molecule has 0 saturated heterocycles. The Balaban J connectivity index is 1.69. The fraction of sp³-hybridized carbons (Fsp3) is 0.136. The highest BCUT2D eigenvalue weighted by atomic mass is 16.5. The van der Waals surface area contributed by atoms with Gasteiger partial charge in [0.2, 0.25) is 11.7 Å². The monoisotopic (exact) mass is 389 g/mol. The number of pyridine rings is 1. The molecule has 0 unspecified atom stereocenters. The molecule has 1 aliphatic rings. The number of nitrogens with one attached hydrogen (secondary N) is 2. The number of aromatic nitrogens is 2. The van der Waals surface area contributed by atoms with Crippen molar-refractivity contribution in [1.29, 1.82) is 0 Å². The fourth-order valence-electron chi connectivity index (χ4n) is 3.26. The molecule has 2 aromatic heterocycles. The lowest BCUT2D eigenvalue weighted by molar-refractivity contribution is -0.134. The predicted molar refractivity (Wildman–Crippen MR) is 107 cm³/mol. The molecule has 0 saturated carbocycles. The van der Waals surface area contributed by atoms with Crippen molar-refractivity contribution < 1.29 is 19.4 Å². The molecule has 0 aliphatic carbocycles. The van der Waals surface area contributed by atoms with Crippen molar-refractivity contribution >= 4 is 28.9 Å². The normalized spacial score (nSPS) is 15.8. The van der Waals surface area contributed by atoms with E-state index in [-0.39, 0.29) is 11.6 Å². The van der Waals surface area contributed by atoms with E-state index in [0.29, 0.717) is 11.2 Å². The molecule has 1 aromatic carbocycles. The van der Waals surface area contributed by atoms with Gasteiger partial charge in [0.1, 0.15) is 5.65 Å². The Labute approximate surface area is 166 Å². The minimum Gasteiger partial charge on any atom is -0.477 e. The number of carboxylic acid groups (broad SMARTS) is 1. The smallest absolute Gasteiger partial charge is 0.345 e. The van der Waals surface area contributed by atoms with Crippen LogP contribution in [0.5, 0.6) is 0 Å². The SMILES string of the molecule is CC(C)(NC1=C(C(=O)O)C(=O)/C(=C/c2c[nH]c3ncccc23)O1)c1ccccc1. The van der Waals surface area contributed by atoms with E-state index in [1.165, 1.54) is 6.08 Å². The molecular weight excluding hydrogens is 370 g/mol. The van der Waals surface area contributed by atoms with Gasteiger partial charge in [-0.25, -0.2) is 9.78 Å². The average molecular weight is 389 g/mol. The van der Waals surface area contributed by atoms with E-state index in [9.17, 15) is 14.7 Å². The van der Waals surface area contributed by atoms with Gasteiger partial charge in [-0.15, -0.1) is 0 Å². The summed E-state index contributed by atoms with van der Waals surface area (Å²) in [6, 6.07) is 13.2. The summed E-state index contributed by atoms with van der Waals surface area (Å²) >= 11 is 0. The quantitative estimate of drug-likeness (QED) is 0.457. The molecule has 7 heteroatoms. The first-order chi connectivity index (χ1) is 13.9. The zero-order valence-electron chi connectivity index (χ0n) is 15.9. The van der Waals surface area contributed by atoms with Crippen molar-refractivity contribution in [1.82, 2.24) is 15.3 Å². The molecule has 0 bridgehead atoms. The van der Waals surface area contributed by atoms with E-state index < -0.39 is 22.9 Å². The molecule has 3 aromatic rings. The molecule has 146 valence electrons. The Kier molecular flexibility index (Phi) is 4.43. The highest BCUT2D eigenvalue weighted by Gasteiger charge is 2.38. The second kappa shape index (κ2) is 6.94. The predicted octanol–water partition coefficient (Wildman–Crippen LogP) is 3.32. The first-order valence-corrected chi connectivity index (χ1v) is 9.04. The molecule has 0 spiro atoms. The van der Waals surface area contributed by atoms with Crippen LogP contribution in [0.3, 0.4) is 0 Å². The number of carbonyl (C=O) groups excluding carboxylic acids is 1. The number of fused-ring (bicyclic) bond motifs is 1.